The van der Waals surface area contributed by atoms with Crippen molar-refractivity contribution in [2.75, 3.05) is 7.11 Å². The third kappa shape index (κ3) is 3.51. The lowest BCUT2D eigenvalue weighted by Crippen LogP contribution is -1.98. The summed E-state index contributed by atoms with van der Waals surface area (Å²) in [6, 6.07) is 13.8. The molecule has 3 rings (SSSR count). The van der Waals surface area contributed by atoms with Crippen molar-refractivity contribution in [2.24, 2.45) is 0 Å². The zero-order valence-corrected chi connectivity index (χ0v) is 13.4. The Labute approximate surface area is 134 Å². The molecular formula is C18H18N2O3. The van der Waals surface area contributed by atoms with Gasteiger partial charge in [0, 0.05) is 12.5 Å². The van der Waals surface area contributed by atoms with Gasteiger partial charge in [0.05, 0.1) is 7.11 Å². The molecule has 0 aliphatic carbocycles. The van der Waals surface area contributed by atoms with E-state index in [4.69, 9.17) is 14.0 Å². The second kappa shape index (κ2) is 6.52. The number of aromatic nitrogens is 2. The van der Waals surface area contributed by atoms with E-state index in [0.717, 1.165) is 11.1 Å². The lowest BCUT2D eigenvalue weighted by molar-refractivity contribution is 0.284. The van der Waals surface area contributed by atoms with E-state index in [0.29, 0.717) is 29.8 Å². The molecule has 0 saturated heterocycles. The minimum Gasteiger partial charge on any atom is -0.493 e. The van der Waals surface area contributed by atoms with Crippen LogP contribution in [0.2, 0.25) is 0 Å². The average Bonchev–Trinajstić information content (AvgIpc) is 3.00. The summed E-state index contributed by atoms with van der Waals surface area (Å²) in [5.41, 5.74) is 3.16. The van der Waals surface area contributed by atoms with Gasteiger partial charge in [0.25, 0.3) is 0 Å². The molecule has 23 heavy (non-hydrogen) atoms. The standard InChI is InChI=1S/C18H18N2O3/c1-12-4-6-14(7-5-12)11-22-16-9-8-15(10-17(16)21-3)18-19-13(2)23-20-18/h4-10H,11H2,1-3H3. The number of hydrogen-bond donors (Lipinski definition) is 0. The third-order valence-corrected chi connectivity index (χ3v) is 3.46. The van der Waals surface area contributed by atoms with Crippen LogP contribution in [-0.2, 0) is 6.61 Å². The first-order valence-corrected chi connectivity index (χ1v) is 7.33. The monoisotopic (exact) mass is 310 g/mol. The molecule has 0 unspecified atom stereocenters. The predicted octanol–water partition coefficient (Wildman–Crippen LogP) is 3.94. The molecule has 0 N–H and O–H groups in total. The van der Waals surface area contributed by atoms with Gasteiger partial charge in [0.1, 0.15) is 6.61 Å². The number of aryl methyl sites for hydroxylation is 2. The van der Waals surface area contributed by atoms with Crippen molar-refractivity contribution in [1.82, 2.24) is 10.1 Å². The van der Waals surface area contributed by atoms with Gasteiger partial charge in [0.2, 0.25) is 11.7 Å². The molecule has 0 radical (unpaired) electrons. The van der Waals surface area contributed by atoms with Gasteiger partial charge in [-0.15, -0.1) is 0 Å². The van der Waals surface area contributed by atoms with E-state index in [1.165, 1.54) is 5.56 Å². The Kier molecular flexibility index (Phi) is 4.28. The van der Waals surface area contributed by atoms with E-state index in [-0.39, 0.29) is 0 Å². The van der Waals surface area contributed by atoms with Crippen LogP contribution >= 0.6 is 0 Å². The fourth-order valence-electron chi connectivity index (χ4n) is 2.19. The normalized spacial score (nSPS) is 10.6. The molecule has 0 spiro atoms. The van der Waals surface area contributed by atoms with Gasteiger partial charge in [-0.25, -0.2) is 0 Å². The first-order valence-electron chi connectivity index (χ1n) is 7.33. The highest BCUT2D eigenvalue weighted by atomic mass is 16.5. The number of nitrogens with zero attached hydrogens (tertiary/aromatic N) is 2. The number of benzene rings is 2. The minimum absolute atomic E-state index is 0.483. The molecule has 1 heterocycles. The lowest BCUT2D eigenvalue weighted by atomic mass is 10.1. The molecule has 0 aliphatic heterocycles. The molecule has 118 valence electrons. The van der Waals surface area contributed by atoms with Crippen LogP contribution in [0.1, 0.15) is 17.0 Å². The average molecular weight is 310 g/mol. The maximum atomic E-state index is 5.86. The molecule has 5 heteroatoms. The summed E-state index contributed by atoms with van der Waals surface area (Å²) in [6.07, 6.45) is 0. The van der Waals surface area contributed by atoms with Crippen molar-refractivity contribution in [2.45, 2.75) is 20.5 Å². The fourth-order valence-corrected chi connectivity index (χ4v) is 2.19. The van der Waals surface area contributed by atoms with Crippen LogP contribution in [-0.4, -0.2) is 17.3 Å². The molecule has 1 aromatic heterocycles. The van der Waals surface area contributed by atoms with E-state index < -0.39 is 0 Å². The summed E-state index contributed by atoms with van der Waals surface area (Å²) in [4.78, 5) is 4.21. The van der Waals surface area contributed by atoms with Crippen molar-refractivity contribution in [3.63, 3.8) is 0 Å². The second-order valence-electron chi connectivity index (χ2n) is 5.28. The molecule has 0 amide bonds. The van der Waals surface area contributed by atoms with Crippen molar-refractivity contribution in [3.05, 3.63) is 59.5 Å². The first-order chi connectivity index (χ1) is 11.2. The molecule has 3 aromatic rings. The summed E-state index contributed by atoms with van der Waals surface area (Å²) in [5.74, 6) is 2.37. The van der Waals surface area contributed by atoms with Crippen molar-refractivity contribution < 1.29 is 14.0 Å². The minimum atomic E-state index is 0.483. The number of hydrogen-bond acceptors (Lipinski definition) is 5. The molecule has 5 nitrogen and oxygen atoms in total. The molecule has 0 atom stereocenters. The number of ether oxygens (including phenoxy) is 2. The van der Waals surface area contributed by atoms with Crippen LogP contribution < -0.4 is 9.47 Å². The van der Waals surface area contributed by atoms with Crippen molar-refractivity contribution in [1.29, 1.82) is 0 Å². The van der Waals surface area contributed by atoms with Crippen LogP contribution in [0.3, 0.4) is 0 Å². The number of rotatable bonds is 5. The highest BCUT2D eigenvalue weighted by Crippen LogP contribution is 2.32. The van der Waals surface area contributed by atoms with Gasteiger partial charge in [-0.3, -0.25) is 0 Å². The van der Waals surface area contributed by atoms with Crippen LogP contribution in [0.25, 0.3) is 11.4 Å². The smallest absolute Gasteiger partial charge is 0.223 e. The van der Waals surface area contributed by atoms with E-state index in [9.17, 15) is 0 Å². The topological polar surface area (TPSA) is 57.4 Å². The molecule has 0 aliphatic rings. The van der Waals surface area contributed by atoms with Crippen molar-refractivity contribution >= 4 is 0 Å². The quantitative estimate of drug-likeness (QED) is 0.714. The second-order valence-corrected chi connectivity index (χ2v) is 5.28. The van der Waals surface area contributed by atoms with Gasteiger partial charge in [-0.2, -0.15) is 4.98 Å². The first kappa shape index (κ1) is 15.1. The largest absolute Gasteiger partial charge is 0.493 e. The maximum absolute atomic E-state index is 5.86. The SMILES string of the molecule is COc1cc(-c2noc(C)n2)ccc1OCc1ccc(C)cc1. The summed E-state index contributed by atoms with van der Waals surface area (Å²) in [7, 11) is 1.61. The molecule has 0 saturated carbocycles. The zero-order chi connectivity index (χ0) is 16.2. The van der Waals surface area contributed by atoms with Crippen LogP contribution in [0.4, 0.5) is 0 Å². The Morgan fingerprint density at radius 3 is 2.43 bits per heavy atom. The molecule has 2 aromatic carbocycles. The lowest BCUT2D eigenvalue weighted by Gasteiger charge is -2.11. The molecule has 0 fully saturated rings. The Morgan fingerprint density at radius 2 is 1.78 bits per heavy atom. The van der Waals surface area contributed by atoms with Gasteiger partial charge in [-0.05, 0) is 30.7 Å². The highest BCUT2D eigenvalue weighted by molar-refractivity contribution is 5.60. The Morgan fingerprint density at radius 1 is 1.00 bits per heavy atom. The van der Waals surface area contributed by atoms with Crippen LogP contribution in [0.15, 0.2) is 47.0 Å². The Hall–Kier alpha value is -2.82. The van der Waals surface area contributed by atoms with Crippen LogP contribution in [0.5, 0.6) is 11.5 Å². The predicted molar refractivity (Wildman–Crippen MR) is 86.5 cm³/mol. The van der Waals surface area contributed by atoms with Gasteiger partial charge >= 0.3 is 0 Å². The summed E-state index contributed by atoms with van der Waals surface area (Å²) in [5, 5.41) is 3.91. The van der Waals surface area contributed by atoms with Crippen molar-refractivity contribution in [3.8, 4) is 22.9 Å². The zero-order valence-electron chi connectivity index (χ0n) is 13.4. The Bertz CT molecular complexity index is 794. The maximum Gasteiger partial charge on any atom is 0.223 e. The highest BCUT2D eigenvalue weighted by Gasteiger charge is 2.11. The summed E-state index contributed by atoms with van der Waals surface area (Å²) < 4.78 is 16.3. The third-order valence-electron chi connectivity index (χ3n) is 3.46. The van der Waals surface area contributed by atoms with E-state index in [1.807, 2.05) is 18.2 Å². The van der Waals surface area contributed by atoms with E-state index in [1.54, 1.807) is 14.0 Å². The van der Waals surface area contributed by atoms with Gasteiger partial charge < -0.3 is 14.0 Å². The summed E-state index contributed by atoms with van der Waals surface area (Å²) >= 11 is 0. The molecule has 0 bridgehead atoms. The van der Waals surface area contributed by atoms with Crippen LogP contribution in [0, 0.1) is 13.8 Å². The fraction of sp³-hybridized carbons (Fsp3) is 0.222. The number of methoxy groups -OCH3 is 1. The molecular weight excluding hydrogens is 292 g/mol. The van der Waals surface area contributed by atoms with Gasteiger partial charge in [0.15, 0.2) is 11.5 Å². The summed E-state index contributed by atoms with van der Waals surface area (Å²) in [6.45, 7) is 4.30. The Balaban J connectivity index is 1.78. The van der Waals surface area contributed by atoms with E-state index in [2.05, 4.69) is 41.3 Å². The van der Waals surface area contributed by atoms with E-state index >= 15 is 0 Å². The van der Waals surface area contributed by atoms with Gasteiger partial charge in [-0.1, -0.05) is 35.0 Å².